The average molecular weight is 272 g/mol. The predicted molar refractivity (Wildman–Crippen MR) is 79.1 cm³/mol. The molecule has 0 bridgehead atoms. The highest BCUT2D eigenvalue weighted by Gasteiger charge is 2.25. The van der Waals surface area contributed by atoms with Crippen LogP contribution in [0.25, 0.3) is 0 Å². The molecule has 114 valence electrons. The molecule has 0 aliphatic heterocycles. The first-order valence-electron chi connectivity index (χ1n) is 7.54. The van der Waals surface area contributed by atoms with E-state index in [-0.39, 0.29) is 17.5 Å². The summed E-state index contributed by atoms with van der Waals surface area (Å²) in [4.78, 5) is 11.8. The van der Waals surface area contributed by atoms with Crippen LogP contribution in [-0.4, -0.2) is 25.3 Å². The Morgan fingerprint density at radius 3 is 2.37 bits per heavy atom. The van der Waals surface area contributed by atoms with E-state index in [2.05, 4.69) is 6.92 Å². The molecule has 0 N–H and O–H groups in total. The molecule has 2 unspecified atom stereocenters. The van der Waals surface area contributed by atoms with Crippen molar-refractivity contribution in [3.63, 3.8) is 0 Å². The summed E-state index contributed by atoms with van der Waals surface area (Å²) in [6.45, 7) is 11.0. The van der Waals surface area contributed by atoms with Crippen LogP contribution in [-0.2, 0) is 14.3 Å². The first-order chi connectivity index (χ1) is 8.82. The zero-order chi connectivity index (χ0) is 14.9. The summed E-state index contributed by atoms with van der Waals surface area (Å²) in [6, 6.07) is 0. The van der Waals surface area contributed by atoms with Crippen molar-refractivity contribution in [3.8, 4) is 0 Å². The molecule has 0 saturated heterocycles. The van der Waals surface area contributed by atoms with Crippen molar-refractivity contribution < 1.29 is 14.3 Å². The van der Waals surface area contributed by atoms with E-state index in [0.29, 0.717) is 5.92 Å². The van der Waals surface area contributed by atoms with Crippen molar-refractivity contribution in [2.75, 3.05) is 13.7 Å². The highest BCUT2D eigenvalue weighted by Crippen LogP contribution is 2.22. The van der Waals surface area contributed by atoms with Crippen molar-refractivity contribution in [1.82, 2.24) is 0 Å². The maximum absolute atomic E-state index is 11.8. The molecule has 0 heterocycles. The van der Waals surface area contributed by atoms with Gasteiger partial charge in [0.15, 0.2) is 0 Å². The van der Waals surface area contributed by atoms with Crippen LogP contribution < -0.4 is 0 Å². The molecule has 2 atom stereocenters. The van der Waals surface area contributed by atoms with Gasteiger partial charge < -0.3 is 9.47 Å². The molecule has 19 heavy (non-hydrogen) atoms. The number of ether oxygens (including phenoxy) is 2. The van der Waals surface area contributed by atoms with Crippen LogP contribution in [0.15, 0.2) is 0 Å². The Bertz CT molecular complexity index is 248. The molecule has 0 aromatic rings. The fourth-order valence-corrected chi connectivity index (χ4v) is 1.93. The topological polar surface area (TPSA) is 35.5 Å². The number of hydrogen-bond acceptors (Lipinski definition) is 3. The van der Waals surface area contributed by atoms with Crippen molar-refractivity contribution in [2.45, 2.75) is 72.3 Å². The summed E-state index contributed by atoms with van der Waals surface area (Å²) in [5.74, 6) is 0.598. The Balaban J connectivity index is 3.93. The number of rotatable bonds is 10. The molecule has 0 fully saturated rings. The fourth-order valence-electron chi connectivity index (χ4n) is 1.93. The number of hydrogen-bond donors (Lipinski definition) is 0. The van der Waals surface area contributed by atoms with Gasteiger partial charge in [-0.25, -0.2) is 0 Å². The number of methoxy groups -OCH3 is 1. The molecular weight excluding hydrogens is 240 g/mol. The van der Waals surface area contributed by atoms with Gasteiger partial charge in [-0.2, -0.15) is 0 Å². The molecule has 3 nitrogen and oxygen atoms in total. The van der Waals surface area contributed by atoms with Gasteiger partial charge in [-0.05, 0) is 45.4 Å². The summed E-state index contributed by atoms with van der Waals surface area (Å²) < 4.78 is 10.7. The van der Waals surface area contributed by atoms with Crippen molar-refractivity contribution in [3.05, 3.63) is 0 Å². The molecule has 0 aromatic heterocycles. The van der Waals surface area contributed by atoms with Gasteiger partial charge in [0.1, 0.15) is 5.60 Å². The normalized spacial score (nSPS) is 15.1. The largest absolute Gasteiger partial charge is 0.459 e. The lowest BCUT2D eigenvalue weighted by molar-refractivity contribution is -0.161. The van der Waals surface area contributed by atoms with Crippen molar-refractivity contribution in [2.24, 2.45) is 11.8 Å². The summed E-state index contributed by atoms with van der Waals surface area (Å²) in [6.07, 6.45) is 5.11. The summed E-state index contributed by atoms with van der Waals surface area (Å²) >= 11 is 0. The standard InChI is InChI=1S/C16H32O3/c1-7-14(3)15(17)19-16(4,5)11-8-9-13(2)10-12-18-6/h13-14H,7-12H2,1-6H3. The molecule has 0 aliphatic rings. The molecule has 0 saturated carbocycles. The zero-order valence-electron chi connectivity index (χ0n) is 13.6. The Hall–Kier alpha value is -0.570. The van der Waals surface area contributed by atoms with Crippen LogP contribution >= 0.6 is 0 Å². The van der Waals surface area contributed by atoms with Crippen LogP contribution in [0.4, 0.5) is 0 Å². The Kier molecular flexibility index (Phi) is 9.07. The molecular formula is C16H32O3. The van der Waals surface area contributed by atoms with E-state index in [1.165, 1.54) is 0 Å². The molecule has 0 aromatic carbocycles. The molecule has 3 heteroatoms. The summed E-state index contributed by atoms with van der Waals surface area (Å²) in [7, 11) is 1.74. The van der Waals surface area contributed by atoms with E-state index in [4.69, 9.17) is 9.47 Å². The number of esters is 1. The van der Waals surface area contributed by atoms with Crippen LogP contribution in [0.3, 0.4) is 0 Å². The zero-order valence-corrected chi connectivity index (χ0v) is 13.6. The van der Waals surface area contributed by atoms with Gasteiger partial charge >= 0.3 is 5.97 Å². The van der Waals surface area contributed by atoms with Gasteiger partial charge in [0.25, 0.3) is 0 Å². The maximum Gasteiger partial charge on any atom is 0.309 e. The van der Waals surface area contributed by atoms with Crippen LogP contribution in [0.5, 0.6) is 0 Å². The van der Waals surface area contributed by atoms with E-state index in [1.807, 2.05) is 27.7 Å². The van der Waals surface area contributed by atoms with Crippen molar-refractivity contribution >= 4 is 5.97 Å². The van der Waals surface area contributed by atoms with E-state index < -0.39 is 0 Å². The smallest absolute Gasteiger partial charge is 0.309 e. The second kappa shape index (κ2) is 9.35. The van der Waals surface area contributed by atoms with E-state index in [0.717, 1.165) is 38.7 Å². The third-order valence-corrected chi connectivity index (χ3v) is 3.68. The van der Waals surface area contributed by atoms with Crippen LogP contribution in [0.2, 0.25) is 0 Å². The van der Waals surface area contributed by atoms with Gasteiger partial charge in [-0.3, -0.25) is 4.79 Å². The lowest BCUT2D eigenvalue weighted by Gasteiger charge is -2.27. The average Bonchev–Trinajstić information content (AvgIpc) is 2.34. The van der Waals surface area contributed by atoms with Gasteiger partial charge in [0, 0.05) is 13.7 Å². The third-order valence-electron chi connectivity index (χ3n) is 3.68. The second-order valence-corrected chi connectivity index (χ2v) is 6.27. The third kappa shape index (κ3) is 9.04. The fraction of sp³-hybridized carbons (Fsp3) is 0.938. The van der Waals surface area contributed by atoms with Gasteiger partial charge in [0.05, 0.1) is 5.92 Å². The Morgan fingerprint density at radius 2 is 1.84 bits per heavy atom. The van der Waals surface area contributed by atoms with Crippen LogP contribution in [0.1, 0.15) is 66.7 Å². The summed E-state index contributed by atoms with van der Waals surface area (Å²) in [5, 5.41) is 0. The minimum Gasteiger partial charge on any atom is -0.459 e. The molecule has 0 radical (unpaired) electrons. The molecule has 0 amide bonds. The minimum atomic E-state index is -0.346. The van der Waals surface area contributed by atoms with E-state index >= 15 is 0 Å². The summed E-state index contributed by atoms with van der Waals surface area (Å²) in [5.41, 5.74) is -0.346. The predicted octanol–water partition coefficient (Wildman–Crippen LogP) is 4.20. The highest BCUT2D eigenvalue weighted by atomic mass is 16.6. The minimum absolute atomic E-state index is 0.0000911. The highest BCUT2D eigenvalue weighted by molar-refractivity contribution is 5.72. The number of carbonyl (C=O) groups excluding carboxylic acids is 1. The number of carbonyl (C=O) groups is 1. The van der Waals surface area contributed by atoms with Crippen molar-refractivity contribution in [1.29, 1.82) is 0 Å². The van der Waals surface area contributed by atoms with Gasteiger partial charge in [0.2, 0.25) is 0 Å². The van der Waals surface area contributed by atoms with Crippen LogP contribution in [0, 0.1) is 11.8 Å². The lowest BCUT2D eigenvalue weighted by Crippen LogP contribution is -2.30. The lowest BCUT2D eigenvalue weighted by atomic mass is 9.95. The first kappa shape index (κ1) is 18.4. The molecule has 0 aliphatic carbocycles. The molecule has 0 rings (SSSR count). The monoisotopic (exact) mass is 272 g/mol. The second-order valence-electron chi connectivity index (χ2n) is 6.27. The molecule has 0 spiro atoms. The first-order valence-corrected chi connectivity index (χ1v) is 7.54. The Labute approximate surface area is 119 Å². The maximum atomic E-state index is 11.8. The Morgan fingerprint density at radius 1 is 1.21 bits per heavy atom. The quantitative estimate of drug-likeness (QED) is 0.559. The van der Waals surface area contributed by atoms with Gasteiger partial charge in [-0.1, -0.05) is 27.2 Å². The van der Waals surface area contributed by atoms with E-state index in [9.17, 15) is 4.79 Å². The SMILES string of the molecule is CCC(C)C(=O)OC(C)(C)CCCC(C)CCOC. The van der Waals surface area contributed by atoms with Gasteiger partial charge in [-0.15, -0.1) is 0 Å². The van der Waals surface area contributed by atoms with E-state index in [1.54, 1.807) is 7.11 Å².